The molecule has 1 heterocycles. The minimum atomic E-state index is -0.121. The van der Waals surface area contributed by atoms with Crippen LogP contribution in [0.3, 0.4) is 0 Å². The van der Waals surface area contributed by atoms with E-state index < -0.39 is 0 Å². The van der Waals surface area contributed by atoms with E-state index in [-0.39, 0.29) is 5.91 Å². The topological polar surface area (TPSA) is 38.3 Å². The summed E-state index contributed by atoms with van der Waals surface area (Å²) in [4.78, 5) is 12.0. The van der Waals surface area contributed by atoms with Gasteiger partial charge < -0.3 is 10.1 Å². The highest BCUT2D eigenvalue weighted by Gasteiger charge is 2.12. The van der Waals surface area contributed by atoms with Gasteiger partial charge in [-0.2, -0.15) is 0 Å². The Hall–Kier alpha value is -2.00. The lowest BCUT2D eigenvalue weighted by Crippen LogP contribution is -2.22. The van der Waals surface area contributed by atoms with Crippen LogP contribution in [0.15, 0.2) is 42.5 Å². The lowest BCUT2D eigenvalue weighted by Gasteiger charge is -2.07. The summed E-state index contributed by atoms with van der Waals surface area (Å²) in [6.45, 7) is 1.24. The number of rotatable bonds is 3. The normalized spacial score (nSPS) is 12.7. The molecular formula is C16H14ClNO2. The van der Waals surface area contributed by atoms with Gasteiger partial charge in [-0.3, -0.25) is 4.79 Å². The molecule has 0 atom stereocenters. The first-order valence-electron chi connectivity index (χ1n) is 6.51. The van der Waals surface area contributed by atoms with Crippen molar-refractivity contribution in [2.24, 2.45) is 0 Å². The number of amides is 1. The van der Waals surface area contributed by atoms with Crippen LogP contribution < -0.4 is 10.1 Å². The highest BCUT2D eigenvalue weighted by atomic mass is 35.5. The number of halogens is 1. The maximum atomic E-state index is 12.0. The van der Waals surface area contributed by atoms with Crippen molar-refractivity contribution in [3.05, 3.63) is 64.2 Å². The molecule has 1 N–H and O–H groups in total. The highest BCUT2D eigenvalue weighted by molar-refractivity contribution is 6.30. The minimum Gasteiger partial charge on any atom is -0.493 e. The van der Waals surface area contributed by atoms with E-state index in [2.05, 4.69) is 11.4 Å². The fourth-order valence-electron chi connectivity index (χ4n) is 2.26. The quantitative estimate of drug-likeness (QED) is 0.941. The molecule has 0 saturated carbocycles. The number of hydrogen-bond donors (Lipinski definition) is 1. The van der Waals surface area contributed by atoms with E-state index in [0.29, 0.717) is 17.1 Å². The number of benzene rings is 2. The Balaban J connectivity index is 1.66. The van der Waals surface area contributed by atoms with E-state index in [0.717, 1.165) is 24.3 Å². The Labute approximate surface area is 122 Å². The van der Waals surface area contributed by atoms with E-state index in [1.807, 2.05) is 12.1 Å². The molecule has 3 rings (SSSR count). The summed E-state index contributed by atoms with van der Waals surface area (Å²) < 4.78 is 5.46. The summed E-state index contributed by atoms with van der Waals surface area (Å²) in [5.74, 6) is 0.833. The molecule has 1 aliphatic heterocycles. The highest BCUT2D eigenvalue weighted by Crippen LogP contribution is 2.25. The van der Waals surface area contributed by atoms with Crippen LogP contribution in [0.2, 0.25) is 5.02 Å². The molecular weight excluding hydrogens is 274 g/mol. The van der Waals surface area contributed by atoms with Gasteiger partial charge in [0.25, 0.3) is 5.91 Å². The van der Waals surface area contributed by atoms with Crippen molar-refractivity contribution in [1.82, 2.24) is 5.32 Å². The number of carbonyl (C=O) groups is 1. The monoisotopic (exact) mass is 287 g/mol. The molecule has 0 fully saturated rings. The van der Waals surface area contributed by atoms with Crippen LogP contribution in [0.1, 0.15) is 21.5 Å². The average molecular weight is 288 g/mol. The smallest absolute Gasteiger partial charge is 0.251 e. The Morgan fingerprint density at radius 1 is 1.25 bits per heavy atom. The Morgan fingerprint density at radius 2 is 2.15 bits per heavy atom. The molecule has 0 aromatic heterocycles. The lowest BCUT2D eigenvalue weighted by molar-refractivity contribution is 0.0951. The molecule has 0 unspecified atom stereocenters. The Kier molecular flexibility index (Phi) is 3.61. The molecule has 0 radical (unpaired) electrons. The van der Waals surface area contributed by atoms with Gasteiger partial charge in [0.2, 0.25) is 0 Å². The van der Waals surface area contributed by atoms with Gasteiger partial charge in [-0.05, 0) is 35.4 Å². The van der Waals surface area contributed by atoms with Gasteiger partial charge in [-0.1, -0.05) is 29.8 Å². The van der Waals surface area contributed by atoms with Gasteiger partial charge in [0.15, 0.2) is 0 Å². The third kappa shape index (κ3) is 2.78. The number of carbonyl (C=O) groups excluding carboxylic acids is 1. The van der Waals surface area contributed by atoms with Gasteiger partial charge in [0.1, 0.15) is 5.75 Å². The molecule has 2 aromatic carbocycles. The van der Waals surface area contributed by atoms with Crippen LogP contribution in [0.25, 0.3) is 0 Å². The zero-order chi connectivity index (χ0) is 13.9. The van der Waals surface area contributed by atoms with Crippen LogP contribution in [-0.2, 0) is 13.0 Å². The number of nitrogens with one attached hydrogen (secondary N) is 1. The minimum absolute atomic E-state index is 0.121. The largest absolute Gasteiger partial charge is 0.493 e. The summed E-state index contributed by atoms with van der Waals surface area (Å²) in [6.07, 6.45) is 0.936. The zero-order valence-corrected chi connectivity index (χ0v) is 11.6. The lowest BCUT2D eigenvalue weighted by atomic mass is 10.1. The predicted molar refractivity (Wildman–Crippen MR) is 78.3 cm³/mol. The maximum Gasteiger partial charge on any atom is 0.251 e. The van der Waals surface area contributed by atoms with Crippen molar-refractivity contribution in [2.45, 2.75) is 13.0 Å². The van der Waals surface area contributed by atoms with E-state index in [9.17, 15) is 4.79 Å². The third-order valence-electron chi connectivity index (χ3n) is 3.29. The second-order valence-electron chi connectivity index (χ2n) is 4.73. The Morgan fingerprint density at radius 3 is 3.00 bits per heavy atom. The van der Waals surface area contributed by atoms with E-state index in [4.69, 9.17) is 16.3 Å². The summed E-state index contributed by atoms with van der Waals surface area (Å²) >= 11 is 5.88. The second-order valence-corrected chi connectivity index (χ2v) is 5.17. The van der Waals surface area contributed by atoms with Crippen molar-refractivity contribution in [3.63, 3.8) is 0 Å². The fourth-order valence-corrected chi connectivity index (χ4v) is 2.45. The van der Waals surface area contributed by atoms with E-state index >= 15 is 0 Å². The van der Waals surface area contributed by atoms with Crippen LogP contribution in [0.4, 0.5) is 0 Å². The standard InChI is InChI=1S/C16H14ClNO2/c17-14-3-1-2-13(9-14)16(19)18-10-11-4-5-15-12(8-11)6-7-20-15/h1-5,8-9H,6-7,10H2,(H,18,19). The van der Waals surface area contributed by atoms with Crippen molar-refractivity contribution in [3.8, 4) is 5.75 Å². The molecule has 2 aromatic rings. The van der Waals surface area contributed by atoms with Gasteiger partial charge in [0.05, 0.1) is 6.61 Å². The molecule has 0 aliphatic carbocycles. The summed E-state index contributed by atoms with van der Waals surface area (Å²) in [5, 5.41) is 3.46. The third-order valence-corrected chi connectivity index (χ3v) is 3.53. The zero-order valence-electron chi connectivity index (χ0n) is 10.9. The van der Waals surface area contributed by atoms with Gasteiger partial charge in [-0.25, -0.2) is 0 Å². The molecule has 20 heavy (non-hydrogen) atoms. The van der Waals surface area contributed by atoms with Crippen molar-refractivity contribution >= 4 is 17.5 Å². The number of ether oxygens (including phenoxy) is 1. The molecule has 4 heteroatoms. The second kappa shape index (κ2) is 5.55. The van der Waals surface area contributed by atoms with Crippen molar-refractivity contribution in [1.29, 1.82) is 0 Å². The first-order valence-corrected chi connectivity index (χ1v) is 6.88. The Bertz CT molecular complexity index is 655. The van der Waals surface area contributed by atoms with Crippen LogP contribution >= 0.6 is 11.6 Å². The van der Waals surface area contributed by atoms with Gasteiger partial charge in [0, 0.05) is 23.6 Å². The van der Waals surface area contributed by atoms with Crippen LogP contribution in [-0.4, -0.2) is 12.5 Å². The molecule has 0 spiro atoms. The van der Waals surface area contributed by atoms with Crippen molar-refractivity contribution < 1.29 is 9.53 Å². The predicted octanol–water partition coefficient (Wildman–Crippen LogP) is 3.20. The summed E-state index contributed by atoms with van der Waals surface area (Å²) in [7, 11) is 0. The van der Waals surface area contributed by atoms with Crippen LogP contribution in [0, 0.1) is 0 Å². The van der Waals surface area contributed by atoms with Crippen LogP contribution in [0.5, 0.6) is 5.75 Å². The number of fused-ring (bicyclic) bond motifs is 1. The first-order chi connectivity index (χ1) is 9.72. The average Bonchev–Trinajstić information content (AvgIpc) is 2.92. The molecule has 102 valence electrons. The SMILES string of the molecule is O=C(NCc1ccc2c(c1)CCO2)c1cccc(Cl)c1. The van der Waals surface area contributed by atoms with Gasteiger partial charge in [-0.15, -0.1) is 0 Å². The molecule has 0 bridgehead atoms. The number of hydrogen-bond acceptors (Lipinski definition) is 2. The fraction of sp³-hybridized carbons (Fsp3) is 0.188. The molecule has 1 aliphatic rings. The first kappa shape index (κ1) is 13.0. The molecule has 3 nitrogen and oxygen atoms in total. The van der Waals surface area contributed by atoms with Gasteiger partial charge >= 0.3 is 0 Å². The van der Waals surface area contributed by atoms with Crippen molar-refractivity contribution in [2.75, 3.05) is 6.61 Å². The summed E-state index contributed by atoms with van der Waals surface area (Å²) in [5.41, 5.74) is 2.85. The van der Waals surface area contributed by atoms with E-state index in [1.54, 1.807) is 24.3 Å². The summed E-state index contributed by atoms with van der Waals surface area (Å²) in [6, 6.07) is 12.9. The molecule has 0 saturated heterocycles. The molecule has 1 amide bonds. The van der Waals surface area contributed by atoms with E-state index in [1.165, 1.54) is 5.56 Å². The maximum absolute atomic E-state index is 12.0.